The van der Waals surface area contributed by atoms with Gasteiger partial charge in [-0.05, 0) is 36.8 Å². The van der Waals surface area contributed by atoms with Gasteiger partial charge in [0.15, 0.2) is 0 Å². The van der Waals surface area contributed by atoms with Crippen LogP contribution >= 0.6 is 35.0 Å². The lowest BCUT2D eigenvalue weighted by atomic mass is 10.1. The average Bonchev–Trinajstić information content (AvgIpc) is 2.33. The highest BCUT2D eigenvalue weighted by molar-refractivity contribution is 7.99. The first-order valence-corrected chi connectivity index (χ1v) is 7.93. The van der Waals surface area contributed by atoms with E-state index in [0.717, 1.165) is 30.0 Å². The maximum Gasteiger partial charge on any atom is 0.0468 e. The molecular weight excluding hydrogens is 289 g/mol. The number of nitrogens with one attached hydrogen (secondary N) is 1. The van der Waals surface area contributed by atoms with Crippen LogP contribution in [0.2, 0.25) is 10.0 Å². The SMILES string of the molecule is CC(NCCSCCCO)c1ccc(Cl)cc1Cl. The molecule has 5 heteroatoms. The normalized spacial score (nSPS) is 12.7. The Morgan fingerprint density at radius 2 is 2.11 bits per heavy atom. The van der Waals surface area contributed by atoms with E-state index in [1.54, 1.807) is 6.07 Å². The van der Waals surface area contributed by atoms with Gasteiger partial charge in [-0.15, -0.1) is 0 Å². The lowest BCUT2D eigenvalue weighted by molar-refractivity contribution is 0.296. The fourth-order valence-corrected chi connectivity index (χ4v) is 2.95. The number of hydrogen-bond donors (Lipinski definition) is 2. The van der Waals surface area contributed by atoms with Crippen LogP contribution in [0.1, 0.15) is 24.9 Å². The molecule has 1 atom stereocenters. The van der Waals surface area contributed by atoms with E-state index in [0.29, 0.717) is 10.0 Å². The van der Waals surface area contributed by atoms with Crippen LogP contribution in [0, 0.1) is 0 Å². The summed E-state index contributed by atoms with van der Waals surface area (Å²) in [5.74, 6) is 2.05. The third-order valence-electron chi connectivity index (χ3n) is 2.57. The maximum absolute atomic E-state index is 8.66. The van der Waals surface area contributed by atoms with Gasteiger partial charge in [0.05, 0.1) is 0 Å². The summed E-state index contributed by atoms with van der Waals surface area (Å²) in [5, 5.41) is 13.5. The van der Waals surface area contributed by atoms with Crippen molar-refractivity contribution in [2.24, 2.45) is 0 Å². The van der Waals surface area contributed by atoms with E-state index in [1.165, 1.54) is 0 Å². The zero-order valence-electron chi connectivity index (χ0n) is 10.5. The molecule has 1 rings (SSSR count). The van der Waals surface area contributed by atoms with Crippen LogP contribution in [0.5, 0.6) is 0 Å². The fourth-order valence-electron chi connectivity index (χ4n) is 1.58. The van der Waals surface area contributed by atoms with Crippen molar-refractivity contribution in [2.75, 3.05) is 24.7 Å². The second kappa shape index (κ2) is 9.05. The summed E-state index contributed by atoms with van der Waals surface area (Å²) in [5.41, 5.74) is 1.07. The molecule has 1 aromatic carbocycles. The van der Waals surface area contributed by atoms with Crippen molar-refractivity contribution in [1.29, 1.82) is 0 Å². The van der Waals surface area contributed by atoms with E-state index in [1.807, 2.05) is 23.9 Å². The third-order valence-corrected chi connectivity index (χ3v) is 4.21. The van der Waals surface area contributed by atoms with Gasteiger partial charge in [-0.3, -0.25) is 0 Å². The molecule has 0 saturated carbocycles. The number of aliphatic hydroxyl groups excluding tert-OH is 1. The van der Waals surface area contributed by atoms with E-state index in [2.05, 4.69) is 12.2 Å². The first kappa shape index (κ1) is 16.1. The van der Waals surface area contributed by atoms with Gasteiger partial charge in [-0.1, -0.05) is 29.3 Å². The highest BCUT2D eigenvalue weighted by Crippen LogP contribution is 2.25. The standard InChI is InChI=1S/C13H19Cl2NOS/c1-10(16-5-8-18-7-2-6-17)12-4-3-11(14)9-13(12)15/h3-4,9-10,16-17H,2,5-8H2,1H3. The molecule has 0 fully saturated rings. The monoisotopic (exact) mass is 307 g/mol. The maximum atomic E-state index is 8.66. The Hall–Kier alpha value is 0.0700. The summed E-state index contributed by atoms with van der Waals surface area (Å²) >= 11 is 13.9. The van der Waals surface area contributed by atoms with Crippen molar-refractivity contribution in [2.45, 2.75) is 19.4 Å². The number of aliphatic hydroxyl groups is 1. The number of rotatable bonds is 8. The van der Waals surface area contributed by atoms with Crippen molar-refractivity contribution < 1.29 is 5.11 Å². The molecule has 1 unspecified atom stereocenters. The first-order chi connectivity index (χ1) is 8.65. The lowest BCUT2D eigenvalue weighted by Gasteiger charge is -2.15. The minimum absolute atomic E-state index is 0.216. The number of benzene rings is 1. The van der Waals surface area contributed by atoms with Crippen molar-refractivity contribution in [1.82, 2.24) is 5.32 Å². The van der Waals surface area contributed by atoms with Gasteiger partial charge in [0.25, 0.3) is 0 Å². The second-order valence-electron chi connectivity index (χ2n) is 4.03. The molecule has 0 amide bonds. The summed E-state index contributed by atoms with van der Waals surface area (Å²) in [7, 11) is 0. The van der Waals surface area contributed by atoms with Crippen LogP contribution < -0.4 is 5.32 Å². The van der Waals surface area contributed by atoms with Gasteiger partial charge < -0.3 is 10.4 Å². The summed E-state index contributed by atoms with van der Waals surface area (Å²) in [6.07, 6.45) is 0.864. The molecule has 0 radical (unpaired) electrons. The van der Waals surface area contributed by atoms with E-state index in [-0.39, 0.29) is 12.6 Å². The zero-order chi connectivity index (χ0) is 13.4. The number of thioether (sulfide) groups is 1. The van der Waals surface area contributed by atoms with Crippen LogP contribution in [0.3, 0.4) is 0 Å². The Morgan fingerprint density at radius 1 is 1.33 bits per heavy atom. The number of halogens is 2. The van der Waals surface area contributed by atoms with Crippen LogP contribution in [-0.2, 0) is 0 Å². The molecule has 0 heterocycles. The predicted molar refractivity (Wildman–Crippen MR) is 81.9 cm³/mol. The highest BCUT2D eigenvalue weighted by atomic mass is 35.5. The number of hydrogen-bond acceptors (Lipinski definition) is 3. The Labute approximate surface area is 123 Å². The van der Waals surface area contributed by atoms with Crippen LogP contribution in [0.4, 0.5) is 0 Å². The molecule has 0 aliphatic rings. The van der Waals surface area contributed by atoms with E-state index in [4.69, 9.17) is 28.3 Å². The molecule has 2 nitrogen and oxygen atoms in total. The summed E-state index contributed by atoms with van der Waals surface area (Å²) in [6.45, 7) is 3.29. The Balaban J connectivity index is 2.29. The largest absolute Gasteiger partial charge is 0.396 e. The van der Waals surface area contributed by atoms with Crippen LogP contribution in [0.15, 0.2) is 18.2 Å². The average molecular weight is 308 g/mol. The van der Waals surface area contributed by atoms with Gasteiger partial charge in [0.2, 0.25) is 0 Å². The van der Waals surface area contributed by atoms with Crippen molar-refractivity contribution in [3.05, 3.63) is 33.8 Å². The molecular formula is C13H19Cl2NOS. The van der Waals surface area contributed by atoms with Crippen molar-refractivity contribution in [3.63, 3.8) is 0 Å². The topological polar surface area (TPSA) is 32.3 Å². The van der Waals surface area contributed by atoms with Gasteiger partial charge in [0, 0.05) is 35.0 Å². The minimum atomic E-state index is 0.216. The Morgan fingerprint density at radius 3 is 2.78 bits per heavy atom. The van der Waals surface area contributed by atoms with Crippen molar-refractivity contribution >= 4 is 35.0 Å². The Bertz CT molecular complexity index is 363. The van der Waals surface area contributed by atoms with E-state index < -0.39 is 0 Å². The van der Waals surface area contributed by atoms with Crippen LogP contribution in [0.25, 0.3) is 0 Å². The van der Waals surface area contributed by atoms with Gasteiger partial charge in [-0.25, -0.2) is 0 Å². The third kappa shape index (κ3) is 5.81. The summed E-state index contributed by atoms with van der Waals surface area (Å²) < 4.78 is 0. The minimum Gasteiger partial charge on any atom is -0.396 e. The lowest BCUT2D eigenvalue weighted by Crippen LogP contribution is -2.21. The molecule has 0 saturated heterocycles. The molecule has 0 aliphatic heterocycles. The molecule has 18 heavy (non-hydrogen) atoms. The Kier molecular flexibility index (Phi) is 8.11. The molecule has 0 aliphatic carbocycles. The fraction of sp³-hybridized carbons (Fsp3) is 0.538. The second-order valence-corrected chi connectivity index (χ2v) is 6.10. The highest BCUT2D eigenvalue weighted by Gasteiger charge is 2.08. The van der Waals surface area contributed by atoms with E-state index in [9.17, 15) is 0 Å². The quantitative estimate of drug-likeness (QED) is 0.717. The van der Waals surface area contributed by atoms with Crippen LogP contribution in [-0.4, -0.2) is 29.8 Å². The van der Waals surface area contributed by atoms with Crippen molar-refractivity contribution in [3.8, 4) is 0 Å². The summed E-state index contributed by atoms with van der Waals surface area (Å²) in [4.78, 5) is 0. The smallest absolute Gasteiger partial charge is 0.0468 e. The molecule has 1 aromatic rings. The zero-order valence-corrected chi connectivity index (χ0v) is 12.8. The van der Waals surface area contributed by atoms with E-state index >= 15 is 0 Å². The predicted octanol–water partition coefficient (Wildman–Crippen LogP) is 3.76. The van der Waals surface area contributed by atoms with Gasteiger partial charge >= 0.3 is 0 Å². The molecule has 102 valence electrons. The summed E-state index contributed by atoms with van der Waals surface area (Å²) in [6, 6.07) is 5.80. The molecule has 0 bridgehead atoms. The van der Waals surface area contributed by atoms with Gasteiger partial charge in [0.1, 0.15) is 0 Å². The van der Waals surface area contributed by atoms with Gasteiger partial charge in [-0.2, -0.15) is 11.8 Å². The first-order valence-electron chi connectivity index (χ1n) is 6.02. The molecule has 0 aromatic heterocycles. The molecule has 0 spiro atoms. The molecule has 2 N–H and O–H groups in total.